The van der Waals surface area contributed by atoms with Gasteiger partial charge in [0, 0.05) is 32.1 Å². The number of aliphatic hydroxyl groups is 1. The van der Waals surface area contributed by atoms with Gasteiger partial charge in [-0.15, -0.1) is 13.2 Å². The molecule has 0 bridgehead atoms. The zero-order valence-corrected chi connectivity index (χ0v) is 26.3. The van der Waals surface area contributed by atoms with Crippen molar-refractivity contribution in [3.8, 4) is 16.9 Å². The van der Waals surface area contributed by atoms with Gasteiger partial charge in [-0.05, 0) is 85.4 Å². The molecule has 3 aromatic rings. The minimum Gasteiger partial charge on any atom is -0.481 e. The number of β-amino-alcohol motifs (C(OH)–C–C–N with tert-alkyl or cyclic N) is 1. The standard InChI is InChI=1S/C33H39F3N2O6S/c1-32(2,19-23-16-25-6-4-5-7-26(25)17-23)37-20-28(39)21-38(3)45(42,43)30-14-13-27(18-29(30)44-33(34,35)36)24-11-8-22(9-12-24)10-15-31(40)41/h4-9,11-14,18,23,28,37,39H,10,15-17,19-21H2,1-3H3,(H,40,41). The van der Waals surface area contributed by atoms with Crippen LogP contribution in [0.25, 0.3) is 11.1 Å². The number of fused-ring (bicyclic) bond motifs is 1. The van der Waals surface area contributed by atoms with E-state index in [9.17, 15) is 31.5 Å². The number of carbonyl (C=O) groups is 1. The molecule has 1 atom stereocenters. The number of aliphatic carboxylic acids is 1. The number of ether oxygens (including phenoxy) is 1. The van der Waals surface area contributed by atoms with Gasteiger partial charge in [0.25, 0.3) is 0 Å². The van der Waals surface area contributed by atoms with Crippen molar-refractivity contribution < 1.29 is 41.3 Å². The lowest BCUT2D eigenvalue weighted by Crippen LogP contribution is -2.47. The third-order valence-corrected chi connectivity index (χ3v) is 9.85. The van der Waals surface area contributed by atoms with E-state index in [-0.39, 0.29) is 37.0 Å². The Balaban J connectivity index is 1.42. The highest BCUT2D eigenvalue weighted by atomic mass is 32.2. The second-order valence-electron chi connectivity index (χ2n) is 12.3. The van der Waals surface area contributed by atoms with E-state index < -0.39 is 39.1 Å². The molecule has 3 aromatic carbocycles. The number of carboxylic acid groups (broad SMARTS) is 1. The molecule has 0 fully saturated rings. The van der Waals surface area contributed by atoms with Gasteiger partial charge in [0.2, 0.25) is 10.0 Å². The van der Waals surface area contributed by atoms with Gasteiger partial charge in [-0.3, -0.25) is 4.79 Å². The van der Waals surface area contributed by atoms with Crippen LogP contribution in [0.1, 0.15) is 43.4 Å². The quantitative estimate of drug-likeness (QED) is 0.214. The number of likely N-dealkylation sites (N-methyl/N-ethyl adjacent to an activating group) is 1. The van der Waals surface area contributed by atoms with Crippen LogP contribution in [0.15, 0.2) is 71.6 Å². The molecule has 45 heavy (non-hydrogen) atoms. The van der Waals surface area contributed by atoms with Crippen molar-refractivity contribution >= 4 is 16.0 Å². The van der Waals surface area contributed by atoms with Gasteiger partial charge in [0.1, 0.15) is 10.6 Å². The Kier molecular flexibility index (Phi) is 10.6. The van der Waals surface area contributed by atoms with Crippen molar-refractivity contribution in [1.82, 2.24) is 9.62 Å². The number of hydrogen-bond acceptors (Lipinski definition) is 6. The largest absolute Gasteiger partial charge is 0.573 e. The van der Waals surface area contributed by atoms with E-state index in [1.54, 1.807) is 24.3 Å². The molecular formula is C33H39F3N2O6S. The van der Waals surface area contributed by atoms with Crippen molar-refractivity contribution in [2.24, 2.45) is 5.92 Å². The number of aryl methyl sites for hydroxylation is 1. The van der Waals surface area contributed by atoms with Crippen LogP contribution in [0.2, 0.25) is 0 Å². The smallest absolute Gasteiger partial charge is 0.481 e. The van der Waals surface area contributed by atoms with E-state index in [1.165, 1.54) is 24.2 Å². The number of halogens is 3. The molecule has 1 unspecified atom stereocenters. The Morgan fingerprint density at radius 3 is 2.20 bits per heavy atom. The fourth-order valence-electron chi connectivity index (χ4n) is 5.83. The lowest BCUT2D eigenvalue weighted by Gasteiger charge is -2.31. The van der Waals surface area contributed by atoms with E-state index >= 15 is 0 Å². The molecule has 0 aromatic heterocycles. The Bertz CT molecular complexity index is 1570. The molecule has 3 N–H and O–H groups in total. The first-order valence-electron chi connectivity index (χ1n) is 14.7. The van der Waals surface area contributed by atoms with Crippen molar-refractivity contribution in [2.75, 3.05) is 20.1 Å². The summed E-state index contributed by atoms with van der Waals surface area (Å²) in [6, 6.07) is 18.3. The molecule has 0 radical (unpaired) electrons. The minimum atomic E-state index is -5.15. The van der Waals surface area contributed by atoms with Crippen molar-refractivity contribution in [3.05, 3.63) is 83.4 Å². The van der Waals surface area contributed by atoms with Crippen LogP contribution < -0.4 is 10.1 Å². The van der Waals surface area contributed by atoms with E-state index in [0.29, 0.717) is 11.5 Å². The highest BCUT2D eigenvalue weighted by Gasteiger charge is 2.36. The summed E-state index contributed by atoms with van der Waals surface area (Å²) in [6.45, 7) is 3.77. The molecule has 12 heteroatoms. The molecule has 0 spiro atoms. The molecular weight excluding hydrogens is 609 g/mol. The number of nitrogens with zero attached hydrogens (tertiary/aromatic N) is 1. The van der Waals surface area contributed by atoms with Gasteiger partial charge in [0.05, 0.1) is 6.10 Å². The van der Waals surface area contributed by atoms with Crippen LogP contribution >= 0.6 is 0 Å². The molecule has 1 aliphatic rings. The number of hydrogen-bond donors (Lipinski definition) is 3. The maximum absolute atomic E-state index is 13.4. The van der Waals surface area contributed by atoms with E-state index in [0.717, 1.165) is 41.3 Å². The van der Waals surface area contributed by atoms with Gasteiger partial charge in [-0.2, -0.15) is 4.31 Å². The summed E-state index contributed by atoms with van der Waals surface area (Å²) in [7, 11) is -3.30. The topological polar surface area (TPSA) is 116 Å². The molecule has 1 aliphatic carbocycles. The summed E-state index contributed by atoms with van der Waals surface area (Å²) in [6.07, 6.45) is -3.27. The van der Waals surface area contributed by atoms with E-state index in [4.69, 9.17) is 5.11 Å². The Morgan fingerprint density at radius 2 is 1.62 bits per heavy atom. The normalized spacial score (nSPS) is 14.8. The maximum Gasteiger partial charge on any atom is 0.573 e. The number of sulfonamides is 1. The van der Waals surface area contributed by atoms with Crippen LogP contribution in [0.5, 0.6) is 5.75 Å². The molecule has 4 rings (SSSR count). The predicted octanol–water partition coefficient (Wildman–Crippen LogP) is 5.42. The van der Waals surface area contributed by atoms with Gasteiger partial charge >= 0.3 is 12.3 Å². The SMILES string of the molecule is CN(CC(O)CNC(C)(C)CC1Cc2ccccc2C1)S(=O)(=O)c1ccc(-c2ccc(CCC(=O)O)cc2)cc1OC(F)(F)F. The summed E-state index contributed by atoms with van der Waals surface area (Å²) in [5.41, 5.74) is 3.84. The molecule has 8 nitrogen and oxygen atoms in total. The van der Waals surface area contributed by atoms with Gasteiger partial charge in [0.15, 0.2) is 0 Å². The fraction of sp³-hybridized carbons (Fsp3) is 0.424. The van der Waals surface area contributed by atoms with Crippen LogP contribution in [0, 0.1) is 5.92 Å². The molecule has 0 heterocycles. The number of alkyl halides is 3. The first-order valence-corrected chi connectivity index (χ1v) is 16.1. The molecule has 0 saturated carbocycles. The van der Waals surface area contributed by atoms with E-state index in [1.807, 2.05) is 26.0 Å². The molecule has 244 valence electrons. The average Bonchev–Trinajstić information content (AvgIpc) is 3.36. The third-order valence-electron chi connectivity index (χ3n) is 7.99. The Labute approximate surface area is 261 Å². The highest BCUT2D eigenvalue weighted by Crippen LogP contribution is 2.36. The van der Waals surface area contributed by atoms with Crippen LogP contribution in [-0.4, -0.2) is 67.0 Å². The van der Waals surface area contributed by atoms with Gasteiger partial charge < -0.3 is 20.3 Å². The summed E-state index contributed by atoms with van der Waals surface area (Å²) in [5, 5.41) is 22.9. The van der Waals surface area contributed by atoms with E-state index in [2.05, 4.69) is 22.2 Å². The van der Waals surface area contributed by atoms with Crippen LogP contribution in [-0.2, 0) is 34.1 Å². The minimum absolute atomic E-state index is 0.0682. The van der Waals surface area contributed by atoms with Crippen molar-refractivity contribution in [3.63, 3.8) is 0 Å². The summed E-state index contributed by atoms with van der Waals surface area (Å²) < 4.78 is 71.9. The number of aliphatic hydroxyl groups excluding tert-OH is 1. The second-order valence-corrected chi connectivity index (χ2v) is 14.3. The molecule has 0 aliphatic heterocycles. The molecule has 0 saturated heterocycles. The average molecular weight is 649 g/mol. The summed E-state index contributed by atoms with van der Waals surface area (Å²) in [5.74, 6) is -1.41. The monoisotopic (exact) mass is 648 g/mol. The van der Waals surface area contributed by atoms with Gasteiger partial charge in [-0.1, -0.05) is 54.6 Å². The Morgan fingerprint density at radius 1 is 1.02 bits per heavy atom. The lowest BCUT2D eigenvalue weighted by molar-refractivity contribution is -0.275. The highest BCUT2D eigenvalue weighted by molar-refractivity contribution is 7.89. The second kappa shape index (κ2) is 13.9. The zero-order chi connectivity index (χ0) is 33.0. The summed E-state index contributed by atoms with van der Waals surface area (Å²) >= 11 is 0. The maximum atomic E-state index is 13.4. The fourth-order valence-corrected chi connectivity index (χ4v) is 7.13. The van der Waals surface area contributed by atoms with Crippen molar-refractivity contribution in [1.29, 1.82) is 0 Å². The lowest BCUT2D eigenvalue weighted by atomic mass is 9.88. The van der Waals surface area contributed by atoms with Crippen molar-refractivity contribution in [2.45, 2.75) is 68.9 Å². The van der Waals surface area contributed by atoms with Gasteiger partial charge in [-0.25, -0.2) is 8.42 Å². The number of rotatable bonds is 14. The third kappa shape index (κ3) is 9.52. The number of carboxylic acids is 1. The van der Waals surface area contributed by atoms with Crippen LogP contribution in [0.4, 0.5) is 13.2 Å². The number of nitrogens with one attached hydrogen (secondary N) is 1. The van der Waals surface area contributed by atoms with Crippen LogP contribution in [0.3, 0.4) is 0 Å². The predicted molar refractivity (Wildman–Crippen MR) is 164 cm³/mol. The molecule has 0 amide bonds. The number of benzene rings is 3. The summed E-state index contributed by atoms with van der Waals surface area (Å²) in [4.78, 5) is 10.1. The first-order chi connectivity index (χ1) is 21.0. The first kappa shape index (κ1) is 34.4. The Hall–Kier alpha value is -3.45. The zero-order valence-electron chi connectivity index (χ0n) is 25.5.